The normalized spacial score (nSPS) is 27.8. The first-order chi connectivity index (χ1) is 5.93. The van der Waals surface area contributed by atoms with Gasteiger partial charge in [0.05, 0.1) is 6.61 Å². The molecule has 0 aromatic carbocycles. The van der Waals surface area contributed by atoms with Gasteiger partial charge in [0.1, 0.15) is 0 Å². The molecule has 0 bridgehead atoms. The van der Waals surface area contributed by atoms with E-state index in [2.05, 4.69) is 14.8 Å². The van der Waals surface area contributed by atoms with E-state index in [4.69, 9.17) is 0 Å². The van der Waals surface area contributed by atoms with E-state index >= 15 is 0 Å². The summed E-state index contributed by atoms with van der Waals surface area (Å²) in [4.78, 5) is 19.7. The Morgan fingerprint density at radius 1 is 1.17 bits per heavy atom. The largest absolute Gasteiger partial charge is 0.300 e. The number of carbonyl (C=O) groups excluding carboxylic acids is 1. The first-order valence-electron chi connectivity index (χ1n) is 4.33. The molecule has 1 unspecified atom stereocenters. The molecule has 0 aromatic rings. The molecule has 0 saturated carbocycles. The van der Waals surface area contributed by atoms with Crippen molar-refractivity contribution in [3.8, 4) is 0 Å². The summed E-state index contributed by atoms with van der Waals surface area (Å²) in [7, 11) is 0. The van der Waals surface area contributed by atoms with Crippen LogP contribution in [-0.2, 0) is 19.6 Å². The Kier molecular flexibility index (Phi) is 4.91. The van der Waals surface area contributed by atoms with Gasteiger partial charge in [-0.1, -0.05) is 24.3 Å². The van der Waals surface area contributed by atoms with Crippen molar-refractivity contribution >= 4 is 6.29 Å². The van der Waals surface area contributed by atoms with E-state index in [1.165, 1.54) is 0 Å². The first-order valence-corrected chi connectivity index (χ1v) is 4.33. The van der Waals surface area contributed by atoms with Crippen LogP contribution in [0.15, 0.2) is 0 Å². The molecule has 12 heavy (non-hydrogen) atoms. The van der Waals surface area contributed by atoms with Crippen LogP contribution in [0.4, 0.5) is 0 Å². The predicted octanol–water partition coefficient (Wildman–Crippen LogP) is 1.40. The molecule has 0 aromatic heterocycles. The molecule has 0 aliphatic carbocycles. The van der Waals surface area contributed by atoms with Crippen LogP contribution >= 0.6 is 0 Å². The van der Waals surface area contributed by atoms with Crippen LogP contribution in [0.5, 0.6) is 0 Å². The van der Waals surface area contributed by atoms with Crippen molar-refractivity contribution in [2.45, 2.75) is 38.2 Å². The van der Waals surface area contributed by atoms with E-state index in [0.717, 1.165) is 32.0 Å². The van der Waals surface area contributed by atoms with Gasteiger partial charge in [-0.05, 0) is 12.8 Å². The topological polar surface area (TPSA) is 44.8 Å². The molecule has 1 saturated heterocycles. The van der Waals surface area contributed by atoms with E-state index in [9.17, 15) is 4.79 Å². The number of rotatable bonds is 1. The van der Waals surface area contributed by atoms with Crippen molar-refractivity contribution < 1.29 is 19.6 Å². The molecule has 0 spiro atoms. The second kappa shape index (κ2) is 6.11. The van der Waals surface area contributed by atoms with E-state index in [-0.39, 0.29) is 0 Å². The molecule has 4 heteroatoms. The monoisotopic (exact) mass is 174 g/mol. The summed E-state index contributed by atoms with van der Waals surface area (Å²) in [6, 6.07) is 0. The summed E-state index contributed by atoms with van der Waals surface area (Å²) in [5.74, 6) is 0. The lowest BCUT2D eigenvalue weighted by Gasteiger charge is -2.11. The SMILES string of the molecule is O=CC1CCCCCCOOO1. The molecular formula is C8H14O4. The molecule has 0 radical (unpaired) electrons. The van der Waals surface area contributed by atoms with Crippen LogP contribution < -0.4 is 0 Å². The van der Waals surface area contributed by atoms with Gasteiger partial charge in [0, 0.05) is 0 Å². The van der Waals surface area contributed by atoms with Gasteiger partial charge in [-0.3, -0.25) is 0 Å². The molecule has 0 amide bonds. The third-order valence-corrected chi connectivity index (χ3v) is 1.83. The molecule has 70 valence electrons. The molecule has 0 N–H and O–H groups in total. The van der Waals surface area contributed by atoms with Gasteiger partial charge in [-0.15, -0.1) is 0 Å². The van der Waals surface area contributed by atoms with Crippen molar-refractivity contribution in [2.75, 3.05) is 6.61 Å². The van der Waals surface area contributed by atoms with Crippen LogP contribution in [0.2, 0.25) is 0 Å². The van der Waals surface area contributed by atoms with Crippen molar-refractivity contribution in [1.82, 2.24) is 0 Å². The zero-order chi connectivity index (χ0) is 8.65. The summed E-state index contributed by atoms with van der Waals surface area (Å²) in [6.45, 7) is 0.533. The standard InChI is InChI=1S/C8H14O4/c9-7-8-5-3-1-2-4-6-10-12-11-8/h7-8H,1-6H2. The number of hydrogen-bond acceptors (Lipinski definition) is 4. The van der Waals surface area contributed by atoms with Gasteiger partial charge in [0.25, 0.3) is 0 Å². The molecule has 1 atom stereocenters. The Labute approximate surface area is 71.6 Å². The highest BCUT2D eigenvalue weighted by Crippen LogP contribution is 2.09. The van der Waals surface area contributed by atoms with Crippen LogP contribution in [0, 0.1) is 0 Å². The van der Waals surface area contributed by atoms with Crippen molar-refractivity contribution in [3.05, 3.63) is 0 Å². The molecule has 1 fully saturated rings. The van der Waals surface area contributed by atoms with Crippen molar-refractivity contribution in [1.29, 1.82) is 0 Å². The second-order valence-corrected chi connectivity index (χ2v) is 2.86. The smallest absolute Gasteiger partial charge is 0.152 e. The number of hydrogen-bond donors (Lipinski definition) is 0. The van der Waals surface area contributed by atoms with E-state index in [1.54, 1.807) is 0 Å². The molecule has 1 aliphatic rings. The highest BCUT2D eigenvalue weighted by atomic mass is 17.5. The van der Waals surface area contributed by atoms with E-state index in [1.807, 2.05) is 0 Å². The molecule has 1 rings (SSSR count). The quantitative estimate of drug-likeness (QED) is 0.445. The minimum atomic E-state index is -0.469. The predicted molar refractivity (Wildman–Crippen MR) is 41.1 cm³/mol. The Morgan fingerprint density at radius 3 is 2.83 bits per heavy atom. The molecule has 1 heterocycles. The summed E-state index contributed by atoms with van der Waals surface area (Å²) >= 11 is 0. The third-order valence-electron chi connectivity index (χ3n) is 1.83. The Hall–Kier alpha value is -0.450. The molecule has 1 aliphatic heterocycles. The lowest BCUT2D eigenvalue weighted by atomic mass is 10.1. The summed E-state index contributed by atoms with van der Waals surface area (Å²) in [6.07, 6.45) is 5.22. The first kappa shape index (κ1) is 9.64. The lowest BCUT2D eigenvalue weighted by molar-refractivity contribution is -0.521. The van der Waals surface area contributed by atoms with Crippen molar-refractivity contribution in [2.24, 2.45) is 0 Å². The van der Waals surface area contributed by atoms with Crippen LogP contribution in [0.25, 0.3) is 0 Å². The highest BCUT2D eigenvalue weighted by molar-refractivity contribution is 5.55. The maximum absolute atomic E-state index is 10.4. The Balaban J connectivity index is 2.21. The van der Waals surface area contributed by atoms with Gasteiger partial charge < -0.3 is 4.79 Å². The fourth-order valence-electron chi connectivity index (χ4n) is 1.11. The maximum Gasteiger partial charge on any atom is 0.152 e. The minimum absolute atomic E-state index is 0.469. The van der Waals surface area contributed by atoms with E-state index < -0.39 is 6.10 Å². The highest BCUT2D eigenvalue weighted by Gasteiger charge is 2.10. The van der Waals surface area contributed by atoms with Gasteiger partial charge >= 0.3 is 0 Å². The van der Waals surface area contributed by atoms with Gasteiger partial charge in [0.15, 0.2) is 12.4 Å². The number of carbonyl (C=O) groups is 1. The number of aldehydes is 1. The zero-order valence-corrected chi connectivity index (χ0v) is 7.03. The fraction of sp³-hybridized carbons (Fsp3) is 0.875. The van der Waals surface area contributed by atoms with Crippen LogP contribution in [-0.4, -0.2) is 19.0 Å². The van der Waals surface area contributed by atoms with Gasteiger partial charge in [-0.25, -0.2) is 4.89 Å². The average Bonchev–Trinajstić information content (AvgIpc) is 2.14. The minimum Gasteiger partial charge on any atom is -0.300 e. The van der Waals surface area contributed by atoms with Crippen molar-refractivity contribution in [3.63, 3.8) is 0 Å². The Bertz CT molecular complexity index is 116. The summed E-state index contributed by atoms with van der Waals surface area (Å²) < 4.78 is 0. The van der Waals surface area contributed by atoms with Gasteiger partial charge in [-0.2, -0.15) is 4.89 Å². The van der Waals surface area contributed by atoms with Crippen LogP contribution in [0.1, 0.15) is 32.1 Å². The van der Waals surface area contributed by atoms with Gasteiger partial charge in [0.2, 0.25) is 0 Å². The second-order valence-electron chi connectivity index (χ2n) is 2.86. The van der Waals surface area contributed by atoms with Crippen LogP contribution in [0.3, 0.4) is 0 Å². The summed E-state index contributed by atoms with van der Waals surface area (Å²) in [5.41, 5.74) is 0. The maximum atomic E-state index is 10.4. The molecule has 4 nitrogen and oxygen atoms in total. The Morgan fingerprint density at radius 2 is 2.00 bits per heavy atom. The van der Waals surface area contributed by atoms with E-state index in [0.29, 0.717) is 13.0 Å². The zero-order valence-electron chi connectivity index (χ0n) is 7.03. The average molecular weight is 174 g/mol. The lowest BCUT2D eigenvalue weighted by Crippen LogP contribution is -2.16. The third kappa shape index (κ3) is 3.80. The fourth-order valence-corrected chi connectivity index (χ4v) is 1.11. The molecular weight excluding hydrogens is 160 g/mol. The summed E-state index contributed by atoms with van der Waals surface area (Å²) in [5, 5.41) is 4.38.